The largest absolute Gasteiger partial charge is 0.493 e. The van der Waals surface area contributed by atoms with Crippen LogP contribution in [0.3, 0.4) is 0 Å². The summed E-state index contributed by atoms with van der Waals surface area (Å²) in [6, 6.07) is 14.0. The SMILES string of the molecule is COc1ccc(CN2CCN(CCOC(=O)NCCc3ccccc3)CC2)c(OC)c1OC. The molecule has 2 aromatic rings. The van der Waals surface area contributed by atoms with Gasteiger partial charge in [-0.05, 0) is 18.1 Å². The molecule has 1 aliphatic heterocycles. The van der Waals surface area contributed by atoms with Crippen molar-refractivity contribution in [2.45, 2.75) is 13.0 Å². The molecule has 0 radical (unpaired) electrons. The molecule has 0 unspecified atom stereocenters. The van der Waals surface area contributed by atoms with Crippen LogP contribution in [0.5, 0.6) is 17.2 Å². The molecule has 33 heavy (non-hydrogen) atoms. The first-order valence-electron chi connectivity index (χ1n) is 11.3. The van der Waals surface area contributed by atoms with Gasteiger partial charge in [-0.2, -0.15) is 0 Å². The zero-order chi connectivity index (χ0) is 23.5. The Hall–Kier alpha value is -2.97. The van der Waals surface area contributed by atoms with E-state index in [9.17, 15) is 4.79 Å². The van der Waals surface area contributed by atoms with E-state index in [1.165, 1.54) is 5.56 Å². The van der Waals surface area contributed by atoms with Crippen LogP contribution in [0.4, 0.5) is 4.79 Å². The molecule has 0 bridgehead atoms. The Morgan fingerprint density at radius 2 is 1.58 bits per heavy atom. The summed E-state index contributed by atoms with van der Waals surface area (Å²) in [6.45, 7) is 6.18. The number of hydrogen-bond acceptors (Lipinski definition) is 7. The fourth-order valence-corrected chi connectivity index (χ4v) is 3.97. The molecule has 1 fully saturated rings. The van der Waals surface area contributed by atoms with Gasteiger partial charge in [0.1, 0.15) is 6.61 Å². The van der Waals surface area contributed by atoms with E-state index in [4.69, 9.17) is 18.9 Å². The standard InChI is InChI=1S/C25H35N3O5/c1-30-22-10-9-21(23(31-2)24(22)32-3)19-28-15-13-27(14-16-28)17-18-33-25(29)26-12-11-20-7-5-4-6-8-20/h4-10H,11-19H2,1-3H3,(H,26,29). The van der Waals surface area contributed by atoms with Crippen LogP contribution in [0.15, 0.2) is 42.5 Å². The molecular weight excluding hydrogens is 422 g/mol. The van der Waals surface area contributed by atoms with Crippen LogP contribution in [0.25, 0.3) is 0 Å². The van der Waals surface area contributed by atoms with Crippen molar-refractivity contribution in [2.75, 3.05) is 67.2 Å². The van der Waals surface area contributed by atoms with E-state index in [2.05, 4.69) is 15.1 Å². The van der Waals surface area contributed by atoms with Crippen LogP contribution in [0.2, 0.25) is 0 Å². The minimum Gasteiger partial charge on any atom is -0.493 e. The van der Waals surface area contributed by atoms with E-state index in [-0.39, 0.29) is 6.09 Å². The molecule has 0 spiro atoms. The maximum absolute atomic E-state index is 11.9. The lowest BCUT2D eigenvalue weighted by Gasteiger charge is -2.34. The molecule has 1 amide bonds. The van der Waals surface area contributed by atoms with Crippen LogP contribution >= 0.6 is 0 Å². The molecule has 0 aromatic heterocycles. The van der Waals surface area contributed by atoms with Crippen LogP contribution in [-0.4, -0.2) is 83.1 Å². The number of ether oxygens (including phenoxy) is 4. The highest BCUT2D eigenvalue weighted by molar-refractivity contribution is 5.67. The summed E-state index contributed by atoms with van der Waals surface area (Å²) in [6.07, 6.45) is 0.438. The molecular formula is C25H35N3O5. The topological polar surface area (TPSA) is 72.5 Å². The second kappa shape index (κ2) is 12.9. The van der Waals surface area contributed by atoms with Crippen molar-refractivity contribution in [1.82, 2.24) is 15.1 Å². The molecule has 0 saturated carbocycles. The molecule has 1 aliphatic rings. The first kappa shape index (κ1) is 24.7. The average molecular weight is 458 g/mol. The summed E-state index contributed by atoms with van der Waals surface area (Å²) in [7, 11) is 4.89. The first-order valence-corrected chi connectivity index (χ1v) is 11.3. The van der Waals surface area contributed by atoms with Crippen molar-refractivity contribution >= 4 is 6.09 Å². The molecule has 0 aliphatic carbocycles. The number of amides is 1. The number of piperazine rings is 1. The van der Waals surface area contributed by atoms with Gasteiger partial charge in [0.2, 0.25) is 5.75 Å². The maximum atomic E-state index is 11.9. The van der Waals surface area contributed by atoms with Crippen molar-refractivity contribution in [3.63, 3.8) is 0 Å². The molecule has 2 aromatic carbocycles. The Morgan fingerprint density at radius 3 is 2.24 bits per heavy atom. The lowest BCUT2D eigenvalue weighted by atomic mass is 10.1. The summed E-state index contributed by atoms with van der Waals surface area (Å²) < 4.78 is 21.8. The maximum Gasteiger partial charge on any atom is 0.407 e. The summed E-state index contributed by atoms with van der Waals surface area (Å²) in [5, 5.41) is 2.81. The van der Waals surface area contributed by atoms with Crippen LogP contribution in [-0.2, 0) is 17.7 Å². The van der Waals surface area contributed by atoms with Crippen LogP contribution < -0.4 is 19.5 Å². The fourth-order valence-electron chi connectivity index (χ4n) is 3.97. The minimum absolute atomic E-state index is 0.356. The molecule has 1 saturated heterocycles. The van der Waals surface area contributed by atoms with Gasteiger partial charge in [-0.1, -0.05) is 36.4 Å². The van der Waals surface area contributed by atoms with Gasteiger partial charge in [-0.25, -0.2) is 4.79 Å². The summed E-state index contributed by atoms with van der Waals surface area (Å²) in [5.74, 6) is 1.99. The van der Waals surface area contributed by atoms with Crippen molar-refractivity contribution in [1.29, 1.82) is 0 Å². The number of carbonyl (C=O) groups excluding carboxylic acids is 1. The van der Waals surface area contributed by atoms with Crippen LogP contribution in [0, 0.1) is 0 Å². The predicted molar refractivity (Wildman–Crippen MR) is 127 cm³/mol. The van der Waals surface area contributed by atoms with Crippen molar-refractivity contribution in [2.24, 2.45) is 0 Å². The number of benzene rings is 2. The number of hydrogen-bond donors (Lipinski definition) is 1. The van der Waals surface area contributed by atoms with Crippen molar-refractivity contribution < 1.29 is 23.7 Å². The monoisotopic (exact) mass is 457 g/mol. The summed E-state index contributed by atoms with van der Waals surface area (Å²) in [5.41, 5.74) is 2.26. The number of nitrogens with one attached hydrogen (secondary N) is 1. The van der Waals surface area contributed by atoms with Gasteiger partial charge in [0.15, 0.2) is 11.5 Å². The molecule has 1 heterocycles. The molecule has 180 valence electrons. The molecule has 8 nitrogen and oxygen atoms in total. The van der Waals surface area contributed by atoms with E-state index in [1.54, 1.807) is 21.3 Å². The Bertz CT molecular complexity index is 870. The lowest BCUT2D eigenvalue weighted by molar-refractivity contribution is 0.0924. The highest BCUT2D eigenvalue weighted by Gasteiger charge is 2.21. The summed E-state index contributed by atoms with van der Waals surface area (Å²) in [4.78, 5) is 16.6. The van der Waals surface area contributed by atoms with Gasteiger partial charge in [0.25, 0.3) is 0 Å². The third kappa shape index (κ3) is 7.27. The fraction of sp³-hybridized carbons (Fsp3) is 0.480. The lowest BCUT2D eigenvalue weighted by Crippen LogP contribution is -2.47. The second-order valence-electron chi connectivity index (χ2n) is 7.91. The zero-order valence-corrected chi connectivity index (χ0v) is 19.8. The van der Waals surface area contributed by atoms with E-state index in [0.717, 1.165) is 51.3 Å². The summed E-state index contributed by atoms with van der Waals surface area (Å²) >= 11 is 0. The number of alkyl carbamates (subject to hydrolysis) is 1. The molecule has 3 rings (SSSR count). The number of carbonyl (C=O) groups is 1. The average Bonchev–Trinajstić information content (AvgIpc) is 2.85. The van der Waals surface area contributed by atoms with Crippen molar-refractivity contribution in [3.05, 3.63) is 53.6 Å². The normalized spacial score (nSPS) is 14.5. The highest BCUT2D eigenvalue weighted by Crippen LogP contribution is 2.40. The molecule has 0 atom stereocenters. The van der Waals surface area contributed by atoms with Gasteiger partial charge in [-0.3, -0.25) is 9.80 Å². The molecule has 8 heteroatoms. The zero-order valence-electron chi connectivity index (χ0n) is 19.8. The predicted octanol–water partition coefficient (Wildman–Crippen LogP) is 2.80. The van der Waals surface area contributed by atoms with E-state index < -0.39 is 0 Å². The minimum atomic E-state index is -0.356. The van der Waals surface area contributed by atoms with Gasteiger partial charge in [0, 0.05) is 51.4 Å². The molecule has 1 N–H and O–H groups in total. The van der Waals surface area contributed by atoms with Gasteiger partial charge in [0.05, 0.1) is 21.3 Å². The number of methoxy groups -OCH3 is 3. The number of rotatable bonds is 11. The Kier molecular flexibility index (Phi) is 9.65. The Labute approximate surface area is 196 Å². The van der Waals surface area contributed by atoms with E-state index in [0.29, 0.717) is 30.4 Å². The third-order valence-corrected chi connectivity index (χ3v) is 5.81. The van der Waals surface area contributed by atoms with Gasteiger partial charge >= 0.3 is 6.09 Å². The van der Waals surface area contributed by atoms with Gasteiger partial charge in [-0.15, -0.1) is 0 Å². The Balaban J connectivity index is 1.35. The second-order valence-corrected chi connectivity index (χ2v) is 7.91. The highest BCUT2D eigenvalue weighted by atomic mass is 16.5. The van der Waals surface area contributed by atoms with Crippen LogP contribution in [0.1, 0.15) is 11.1 Å². The van der Waals surface area contributed by atoms with Crippen molar-refractivity contribution in [3.8, 4) is 17.2 Å². The quantitative estimate of drug-likeness (QED) is 0.556. The van der Waals surface area contributed by atoms with E-state index in [1.807, 2.05) is 42.5 Å². The van der Waals surface area contributed by atoms with Gasteiger partial charge < -0.3 is 24.3 Å². The number of nitrogens with zero attached hydrogens (tertiary/aromatic N) is 2. The smallest absolute Gasteiger partial charge is 0.407 e. The third-order valence-electron chi connectivity index (χ3n) is 5.81. The first-order chi connectivity index (χ1) is 16.1. The van der Waals surface area contributed by atoms with E-state index >= 15 is 0 Å². The Morgan fingerprint density at radius 1 is 0.879 bits per heavy atom.